The minimum absolute atomic E-state index is 0. The molecule has 2 aromatic carbocycles. The summed E-state index contributed by atoms with van der Waals surface area (Å²) in [5.74, 6) is -0.0877. The summed E-state index contributed by atoms with van der Waals surface area (Å²) >= 11 is 7.67. The zero-order valence-electron chi connectivity index (χ0n) is 16.5. The second kappa shape index (κ2) is 10.1. The van der Waals surface area contributed by atoms with Gasteiger partial charge in [-0.15, -0.1) is 12.4 Å². The van der Waals surface area contributed by atoms with E-state index < -0.39 is 0 Å². The van der Waals surface area contributed by atoms with Crippen molar-refractivity contribution in [2.24, 2.45) is 0 Å². The lowest BCUT2D eigenvalue weighted by Crippen LogP contribution is -2.32. The molecule has 0 aliphatic heterocycles. The van der Waals surface area contributed by atoms with Crippen LogP contribution in [0.25, 0.3) is 10.2 Å². The zero-order valence-corrected chi connectivity index (χ0v) is 18.9. The molecule has 2 heterocycles. The van der Waals surface area contributed by atoms with Crippen LogP contribution in [0.1, 0.15) is 29.3 Å². The van der Waals surface area contributed by atoms with Gasteiger partial charge in [-0.05, 0) is 42.7 Å². The summed E-state index contributed by atoms with van der Waals surface area (Å²) in [5.41, 5.74) is 2.74. The molecule has 4 aromatic rings. The van der Waals surface area contributed by atoms with Crippen molar-refractivity contribution in [3.63, 3.8) is 0 Å². The van der Waals surface area contributed by atoms with Crippen molar-refractivity contribution < 1.29 is 4.79 Å². The maximum Gasteiger partial charge on any atom is 0.260 e. The van der Waals surface area contributed by atoms with Crippen molar-refractivity contribution in [2.75, 3.05) is 11.4 Å². The Labute approximate surface area is 190 Å². The lowest BCUT2D eigenvalue weighted by Gasteiger charge is -2.20. The summed E-state index contributed by atoms with van der Waals surface area (Å²) in [6.07, 6.45) is 7.17. The number of halogens is 2. The van der Waals surface area contributed by atoms with Gasteiger partial charge in [0.1, 0.15) is 0 Å². The Kier molecular flexibility index (Phi) is 7.48. The number of carbonyl (C=O) groups excluding carboxylic acids is 1. The largest absolute Gasteiger partial charge is 0.337 e. The van der Waals surface area contributed by atoms with Crippen LogP contribution in [0, 0.1) is 0 Å². The molecule has 0 atom stereocenters. The Morgan fingerprint density at radius 2 is 2.07 bits per heavy atom. The summed E-state index contributed by atoms with van der Waals surface area (Å²) in [5, 5.41) is 1.27. The molecule has 0 radical (unpaired) electrons. The summed E-state index contributed by atoms with van der Waals surface area (Å²) < 4.78 is 3.10. The molecule has 0 unspecified atom stereocenters. The van der Waals surface area contributed by atoms with Crippen LogP contribution in [0.3, 0.4) is 0 Å². The molecular formula is C22H22Cl2N4OS. The number of thiazole rings is 1. The van der Waals surface area contributed by atoms with Crippen molar-refractivity contribution in [1.82, 2.24) is 14.5 Å². The predicted octanol–water partition coefficient (Wildman–Crippen LogP) is 5.87. The molecule has 8 heteroatoms. The first kappa shape index (κ1) is 22.3. The van der Waals surface area contributed by atoms with E-state index in [1.54, 1.807) is 53.0 Å². The maximum absolute atomic E-state index is 13.3. The van der Waals surface area contributed by atoms with E-state index in [-0.39, 0.29) is 18.3 Å². The second-order valence-electron chi connectivity index (χ2n) is 6.74. The number of hydrogen-bond acceptors (Lipinski definition) is 4. The molecule has 0 aliphatic carbocycles. The molecular weight excluding hydrogens is 439 g/mol. The zero-order chi connectivity index (χ0) is 20.2. The predicted molar refractivity (Wildman–Crippen MR) is 126 cm³/mol. The van der Waals surface area contributed by atoms with Gasteiger partial charge >= 0.3 is 0 Å². The third-order valence-corrected chi connectivity index (χ3v) is 6.06. The van der Waals surface area contributed by atoms with Gasteiger partial charge in [-0.2, -0.15) is 0 Å². The molecule has 2 aromatic heterocycles. The van der Waals surface area contributed by atoms with E-state index in [9.17, 15) is 4.79 Å². The number of hydrogen-bond donors (Lipinski definition) is 0. The average molecular weight is 461 g/mol. The lowest BCUT2D eigenvalue weighted by atomic mass is 10.1. The molecule has 0 fully saturated rings. The number of benzene rings is 2. The number of imidazole rings is 1. The van der Waals surface area contributed by atoms with Gasteiger partial charge in [-0.3, -0.25) is 9.69 Å². The Morgan fingerprint density at radius 3 is 2.80 bits per heavy atom. The van der Waals surface area contributed by atoms with Crippen molar-refractivity contribution in [3.8, 4) is 0 Å². The third-order valence-electron chi connectivity index (χ3n) is 4.78. The minimum Gasteiger partial charge on any atom is -0.337 e. The molecule has 0 spiro atoms. The fraction of sp³-hybridized carbons (Fsp3) is 0.227. The molecule has 0 bridgehead atoms. The van der Waals surface area contributed by atoms with E-state index in [1.807, 2.05) is 16.8 Å². The molecule has 5 nitrogen and oxygen atoms in total. The number of rotatable bonds is 7. The molecule has 0 saturated heterocycles. The van der Waals surface area contributed by atoms with E-state index in [2.05, 4.69) is 24.0 Å². The van der Waals surface area contributed by atoms with Gasteiger partial charge in [0.15, 0.2) is 5.13 Å². The quantitative estimate of drug-likeness (QED) is 0.346. The summed E-state index contributed by atoms with van der Waals surface area (Å²) in [4.78, 5) is 24.0. The molecule has 0 aliphatic rings. The van der Waals surface area contributed by atoms with Crippen LogP contribution < -0.4 is 4.90 Å². The van der Waals surface area contributed by atoms with Gasteiger partial charge < -0.3 is 4.57 Å². The normalized spacial score (nSPS) is 10.7. The van der Waals surface area contributed by atoms with E-state index in [1.165, 1.54) is 5.56 Å². The minimum atomic E-state index is -0.0877. The molecule has 156 valence electrons. The van der Waals surface area contributed by atoms with Gasteiger partial charge in [-0.25, -0.2) is 9.97 Å². The highest BCUT2D eigenvalue weighted by Crippen LogP contribution is 2.32. The highest BCUT2D eigenvalue weighted by molar-refractivity contribution is 7.22. The Hall–Kier alpha value is -2.41. The van der Waals surface area contributed by atoms with Crippen LogP contribution in [0.4, 0.5) is 5.13 Å². The highest BCUT2D eigenvalue weighted by Gasteiger charge is 2.22. The molecule has 4 rings (SSSR count). The van der Waals surface area contributed by atoms with Gasteiger partial charge in [0.2, 0.25) is 0 Å². The SMILES string of the molecule is CCc1cccc2sc(N(CCCn3ccnc3)C(=O)c3cccc(Cl)c3)nc12.Cl. The Balaban J connectivity index is 0.00000256. The van der Waals surface area contributed by atoms with E-state index in [0.29, 0.717) is 17.1 Å². The van der Waals surface area contributed by atoms with Crippen LogP contribution in [0.5, 0.6) is 0 Å². The van der Waals surface area contributed by atoms with Gasteiger partial charge in [0.05, 0.1) is 16.5 Å². The van der Waals surface area contributed by atoms with Gasteiger partial charge in [0, 0.05) is 36.1 Å². The average Bonchev–Trinajstić information content (AvgIpc) is 3.40. The van der Waals surface area contributed by atoms with E-state index >= 15 is 0 Å². The van der Waals surface area contributed by atoms with Gasteiger partial charge in [-0.1, -0.05) is 48.1 Å². The number of amides is 1. The van der Waals surface area contributed by atoms with Crippen LogP contribution >= 0.6 is 35.3 Å². The van der Waals surface area contributed by atoms with E-state index in [4.69, 9.17) is 16.6 Å². The fourth-order valence-electron chi connectivity index (χ4n) is 3.29. The molecule has 1 amide bonds. The number of aryl methyl sites for hydroxylation is 2. The topological polar surface area (TPSA) is 51.0 Å². The van der Waals surface area contributed by atoms with Crippen LogP contribution in [-0.4, -0.2) is 27.0 Å². The summed E-state index contributed by atoms with van der Waals surface area (Å²) in [6.45, 7) is 3.46. The smallest absolute Gasteiger partial charge is 0.260 e. The number of carbonyl (C=O) groups is 1. The van der Waals surface area contributed by atoms with Crippen molar-refractivity contribution >= 4 is 56.6 Å². The first-order valence-corrected chi connectivity index (χ1v) is 10.8. The van der Waals surface area contributed by atoms with Gasteiger partial charge in [0.25, 0.3) is 5.91 Å². The maximum atomic E-state index is 13.3. The number of nitrogens with zero attached hydrogens (tertiary/aromatic N) is 4. The van der Waals surface area contributed by atoms with Crippen molar-refractivity contribution in [1.29, 1.82) is 0 Å². The Morgan fingerprint density at radius 1 is 1.23 bits per heavy atom. The highest BCUT2D eigenvalue weighted by atomic mass is 35.5. The standard InChI is InChI=1S/C22H21ClN4OS.ClH/c1-2-16-6-4-9-19-20(16)25-22(29-19)27(12-5-11-26-13-10-24-15-26)21(28)17-7-3-8-18(23)14-17;/h3-4,6-10,13-15H,2,5,11-12H2,1H3;1H. The molecule has 0 saturated carbocycles. The number of anilines is 1. The third kappa shape index (κ3) is 4.83. The fourth-order valence-corrected chi connectivity index (χ4v) is 4.51. The number of para-hydroxylation sites is 1. The van der Waals surface area contributed by atoms with Crippen LogP contribution in [0.15, 0.2) is 61.2 Å². The lowest BCUT2D eigenvalue weighted by molar-refractivity contribution is 0.0986. The van der Waals surface area contributed by atoms with Crippen molar-refractivity contribution in [3.05, 3.63) is 77.3 Å². The first-order valence-electron chi connectivity index (χ1n) is 9.57. The van der Waals surface area contributed by atoms with Crippen LogP contribution in [-0.2, 0) is 13.0 Å². The van der Waals surface area contributed by atoms with E-state index in [0.717, 1.165) is 34.7 Å². The second-order valence-corrected chi connectivity index (χ2v) is 8.18. The number of fused-ring (bicyclic) bond motifs is 1. The Bertz CT molecular complexity index is 1130. The summed E-state index contributed by atoms with van der Waals surface area (Å²) in [7, 11) is 0. The molecule has 30 heavy (non-hydrogen) atoms. The monoisotopic (exact) mass is 460 g/mol. The molecule has 0 N–H and O–H groups in total. The first-order chi connectivity index (χ1) is 14.2. The van der Waals surface area contributed by atoms with Crippen molar-refractivity contribution in [2.45, 2.75) is 26.3 Å². The summed E-state index contributed by atoms with van der Waals surface area (Å²) in [6, 6.07) is 13.3. The number of aromatic nitrogens is 3. The van der Waals surface area contributed by atoms with Crippen LogP contribution in [0.2, 0.25) is 5.02 Å².